The maximum absolute atomic E-state index is 12.0. The van der Waals surface area contributed by atoms with Gasteiger partial charge in [-0.3, -0.25) is 4.79 Å². The van der Waals surface area contributed by atoms with E-state index in [4.69, 9.17) is 5.11 Å². The Balaban J connectivity index is 0.000000637. The molecule has 1 aromatic heterocycles. The monoisotopic (exact) mass is 259 g/mol. The summed E-state index contributed by atoms with van der Waals surface area (Å²) < 4.78 is 1.89. The van der Waals surface area contributed by atoms with Gasteiger partial charge in [0, 0.05) is 18.1 Å². The molecule has 4 nitrogen and oxygen atoms in total. The number of aromatic carboxylic acids is 1. The first-order chi connectivity index (χ1) is 9.18. The quantitative estimate of drug-likeness (QED) is 0.856. The summed E-state index contributed by atoms with van der Waals surface area (Å²) in [6.45, 7) is 4.77. The van der Waals surface area contributed by atoms with Crippen molar-refractivity contribution in [1.82, 2.24) is 4.57 Å². The molecule has 0 unspecified atom stereocenters. The van der Waals surface area contributed by atoms with Gasteiger partial charge in [-0.2, -0.15) is 0 Å². The van der Waals surface area contributed by atoms with E-state index in [-0.39, 0.29) is 11.0 Å². The highest BCUT2D eigenvalue weighted by molar-refractivity contribution is 5.93. The summed E-state index contributed by atoms with van der Waals surface area (Å²) in [5.74, 6) is -1.16. The lowest BCUT2D eigenvalue weighted by Crippen LogP contribution is -2.21. The third kappa shape index (κ3) is 2.14. The molecule has 0 fully saturated rings. The van der Waals surface area contributed by atoms with Crippen LogP contribution in [0, 0.1) is 0 Å². The van der Waals surface area contributed by atoms with E-state index in [2.05, 4.69) is 0 Å². The minimum absolute atomic E-state index is 0.142. The molecule has 1 N–H and O–H groups in total. The maximum atomic E-state index is 12.0. The van der Waals surface area contributed by atoms with Crippen molar-refractivity contribution in [3.63, 3.8) is 0 Å². The smallest absolute Gasteiger partial charge is 0.341 e. The van der Waals surface area contributed by atoms with E-state index in [1.54, 1.807) is 6.07 Å². The second-order valence-electron chi connectivity index (χ2n) is 4.29. The first-order valence-electron chi connectivity index (χ1n) is 6.57. The second kappa shape index (κ2) is 5.26. The normalized spacial score (nSPS) is 12.7. The molecule has 19 heavy (non-hydrogen) atoms. The Morgan fingerprint density at radius 3 is 2.74 bits per heavy atom. The molecule has 0 saturated heterocycles. The molecule has 0 atom stereocenters. The van der Waals surface area contributed by atoms with Gasteiger partial charge in [0.1, 0.15) is 5.56 Å². The molecule has 2 aromatic rings. The second-order valence-corrected chi connectivity index (χ2v) is 4.29. The zero-order valence-electron chi connectivity index (χ0n) is 11.1. The van der Waals surface area contributed by atoms with E-state index >= 15 is 0 Å². The van der Waals surface area contributed by atoms with E-state index in [1.807, 2.05) is 30.5 Å². The van der Waals surface area contributed by atoms with Crippen molar-refractivity contribution in [2.75, 3.05) is 0 Å². The summed E-state index contributed by atoms with van der Waals surface area (Å²) in [7, 11) is 0. The number of hydrogen-bond acceptors (Lipinski definition) is 2. The first kappa shape index (κ1) is 13.3. The SMILES string of the molecule is CC.O=C(O)c1cn2c3c(cccc3c1=O)CCC2. The number of nitrogens with zero attached hydrogens (tertiary/aromatic N) is 1. The maximum Gasteiger partial charge on any atom is 0.341 e. The number of hydrogen-bond donors (Lipinski definition) is 1. The largest absolute Gasteiger partial charge is 0.477 e. The number of aromatic nitrogens is 1. The Morgan fingerprint density at radius 2 is 2.05 bits per heavy atom. The summed E-state index contributed by atoms with van der Waals surface area (Å²) in [4.78, 5) is 23.0. The van der Waals surface area contributed by atoms with Crippen molar-refractivity contribution in [2.24, 2.45) is 0 Å². The zero-order valence-corrected chi connectivity index (χ0v) is 11.1. The summed E-state index contributed by atoms with van der Waals surface area (Å²) in [6, 6.07) is 5.52. The zero-order chi connectivity index (χ0) is 14.0. The first-order valence-corrected chi connectivity index (χ1v) is 6.57. The molecule has 4 heteroatoms. The number of carboxylic acids is 1. The molecule has 0 aliphatic carbocycles. The van der Waals surface area contributed by atoms with Gasteiger partial charge in [0.2, 0.25) is 5.43 Å². The van der Waals surface area contributed by atoms with Crippen LogP contribution in [0.15, 0.2) is 29.2 Å². The lowest BCUT2D eigenvalue weighted by Gasteiger charge is -2.20. The Labute approximate surface area is 111 Å². The standard InChI is InChI=1S/C13H11NO3.C2H6/c15-12-9-5-1-3-8-4-2-6-14(11(8)9)7-10(12)13(16)17;1-2/h1,3,5,7H,2,4,6H2,(H,16,17);1-2H3. The van der Waals surface area contributed by atoms with Crippen molar-refractivity contribution in [3.05, 3.63) is 45.7 Å². The lowest BCUT2D eigenvalue weighted by atomic mass is 10.00. The Bertz CT molecular complexity index is 686. The molecule has 0 radical (unpaired) electrons. The minimum atomic E-state index is -1.16. The van der Waals surface area contributed by atoms with Crippen LogP contribution in [0.5, 0.6) is 0 Å². The number of benzene rings is 1. The number of carbonyl (C=O) groups is 1. The van der Waals surface area contributed by atoms with Gasteiger partial charge in [-0.15, -0.1) is 0 Å². The van der Waals surface area contributed by atoms with Crippen LogP contribution in [0.1, 0.15) is 36.2 Å². The van der Waals surface area contributed by atoms with Crippen LogP contribution < -0.4 is 5.43 Å². The number of rotatable bonds is 1. The molecule has 1 aromatic carbocycles. The lowest BCUT2D eigenvalue weighted by molar-refractivity contribution is 0.0695. The topological polar surface area (TPSA) is 59.3 Å². The van der Waals surface area contributed by atoms with Gasteiger partial charge in [-0.1, -0.05) is 26.0 Å². The highest BCUT2D eigenvalue weighted by atomic mass is 16.4. The van der Waals surface area contributed by atoms with Gasteiger partial charge in [0.05, 0.1) is 5.52 Å². The van der Waals surface area contributed by atoms with E-state index < -0.39 is 5.97 Å². The average molecular weight is 259 g/mol. The van der Waals surface area contributed by atoms with Crippen LogP contribution in [-0.2, 0) is 13.0 Å². The fourth-order valence-electron chi connectivity index (χ4n) is 2.51. The number of pyridine rings is 1. The van der Waals surface area contributed by atoms with E-state index in [1.165, 1.54) is 6.20 Å². The Hall–Kier alpha value is -2.10. The van der Waals surface area contributed by atoms with Gasteiger partial charge in [0.15, 0.2) is 0 Å². The van der Waals surface area contributed by atoms with Crippen LogP contribution in [0.2, 0.25) is 0 Å². The van der Waals surface area contributed by atoms with Gasteiger partial charge in [-0.05, 0) is 24.5 Å². The molecule has 3 rings (SSSR count). The van der Waals surface area contributed by atoms with Gasteiger partial charge >= 0.3 is 5.97 Å². The van der Waals surface area contributed by atoms with Crippen molar-refractivity contribution in [2.45, 2.75) is 33.2 Å². The van der Waals surface area contributed by atoms with E-state index in [0.717, 1.165) is 30.5 Å². The van der Waals surface area contributed by atoms with Crippen LogP contribution in [0.25, 0.3) is 10.9 Å². The fraction of sp³-hybridized carbons (Fsp3) is 0.333. The van der Waals surface area contributed by atoms with Crippen LogP contribution in [0.3, 0.4) is 0 Å². The number of carboxylic acid groups (broad SMARTS) is 1. The molecule has 0 saturated carbocycles. The molecule has 1 aliphatic heterocycles. The predicted octanol–water partition coefficient (Wildman–Crippen LogP) is 2.67. The van der Waals surface area contributed by atoms with Crippen LogP contribution in [0.4, 0.5) is 0 Å². The molecule has 2 heterocycles. The van der Waals surface area contributed by atoms with Crippen molar-refractivity contribution < 1.29 is 9.90 Å². The summed E-state index contributed by atoms with van der Waals surface area (Å²) in [6.07, 6.45) is 3.40. The van der Waals surface area contributed by atoms with Crippen LogP contribution in [-0.4, -0.2) is 15.6 Å². The molecular formula is C15H17NO3. The predicted molar refractivity (Wildman–Crippen MR) is 74.8 cm³/mol. The highest BCUT2D eigenvalue weighted by Gasteiger charge is 2.18. The van der Waals surface area contributed by atoms with Crippen molar-refractivity contribution >= 4 is 16.9 Å². The molecule has 100 valence electrons. The summed E-state index contributed by atoms with van der Waals surface area (Å²) in [5.41, 5.74) is 1.50. The molecule has 1 aliphatic rings. The Kier molecular flexibility index (Phi) is 3.69. The van der Waals surface area contributed by atoms with Crippen molar-refractivity contribution in [3.8, 4) is 0 Å². The van der Waals surface area contributed by atoms with Gasteiger partial charge < -0.3 is 9.67 Å². The van der Waals surface area contributed by atoms with Crippen LogP contribution >= 0.6 is 0 Å². The Morgan fingerprint density at radius 1 is 1.32 bits per heavy atom. The van der Waals surface area contributed by atoms with Crippen molar-refractivity contribution in [1.29, 1.82) is 0 Å². The minimum Gasteiger partial charge on any atom is -0.477 e. The summed E-state index contributed by atoms with van der Waals surface area (Å²) >= 11 is 0. The highest BCUT2D eigenvalue weighted by Crippen LogP contribution is 2.23. The van der Waals surface area contributed by atoms with Gasteiger partial charge in [0.25, 0.3) is 0 Å². The van der Waals surface area contributed by atoms with E-state index in [0.29, 0.717) is 5.39 Å². The average Bonchev–Trinajstić information content (AvgIpc) is 2.44. The number of para-hydroxylation sites is 1. The molecule has 0 spiro atoms. The summed E-state index contributed by atoms with van der Waals surface area (Å²) in [5, 5.41) is 9.53. The van der Waals surface area contributed by atoms with E-state index in [9.17, 15) is 9.59 Å². The third-order valence-corrected chi connectivity index (χ3v) is 3.26. The fourth-order valence-corrected chi connectivity index (χ4v) is 2.51. The molecule has 0 amide bonds. The number of aryl methyl sites for hydroxylation is 2. The molecule has 0 bridgehead atoms. The molecular weight excluding hydrogens is 242 g/mol. The van der Waals surface area contributed by atoms with Gasteiger partial charge in [-0.25, -0.2) is 4.79 Å². The third-order valence-electron chi connectivity index (χ3n) is 3.26.